The van der Waals surface area contributed by atoms with Gasteiger partial charge in [-0.25, -0.2) is 9.59 Å². The fourth-order valence-corrected chi connectivity index (χ4v) is 3.34. The maximum Gasteiger partial charge on any atom is 0.408 e. The summed E-state index contributed by atoms with van der Waals surface area (Å²) in [5, 5.41) is 3.00. The second kappa shape index (κ2) is 12.0. The minimum absolute atomic E-state index is 0.0298. The highest BCUT2D eigenvalue weighted by molar-refractivity contribution is 5.89. The summed E-state index contributed by atoms with van der Waals surface area (Å²) < 4.78 is 10.2. The highest BCUT2D eigenvalue weighted by Gasteiger charge is 2.29. The number of ether oxygens (including phenoxy) is 2. The van der Waals surface area contributed by atoms with E-state index in [0.717, 1.165) is 11.1 Å². The molecule has 2 aromatic carbocycles. The number of carbonyl (C=O) groups is 2. The van der Waals surface area contributed by atoms with E-state index in [1.54, 1.807) is 12.1 Å². The van der Waals surface area contributed by atoms with Gasteiger partial charge >= 0.3 is 18.2 Å². The van der Waals surface area contributed by atoms with Crippen molar-refractivity contribution in [2.45, 2.75) is 65.0 Å². The van der Waals surface area contributed by atoms with Crippen molar-refractivity contribution in [1.29, 1.82) is 0 Å². The molecule has 0 fully saturated rings. The zero-order valence-corrected chi connectivity index (χ0v) is 20.4. The lowest BCUT2D eigenvalue weighted by Crippen LogP contribution is -2.46. The SMILES string of the molecule is COC(=O)c1ccc(C(CC(C)(C)NC(=O)OC(C)(C)C)c2ccc(C)cc2)cc1.O=C=O. The van der Waals surface area contributed by atoms with Crippen LogP contribution in [0.4, 0.5) is 4.79 Å². The first-order valence-electron chi connectivity index (χ1n) is 10.6. The summed E-state index contributed by atoms with van der Waals surface area (Å²) in [6, 6.07) is 15.8. The third-order valence-corrected chi connectivity index (χ3v) is 4.77. The number of amides is 1. The monoisotopic (exact) mass is 455 g/mol. The lowest BCUT2D eigenvalue weighted by atomic mass is 9.81. The minimum atomic E-state index is -0.555. The maximum absolute atomic E-state index is 12.3. The van der Waals surface area contributed by atoms with Crippen LogP contribution >= 0.6 is 0 Å². The van der Waals surface area contributed by atoms with Gasteiger partial charge in [-0.15, -0.1) is 0 Å². The van der Waals surface area contributed by atoms with Crippen molar-refractivity contribution in [2.24, 2.45) is 0 Å². The smallest absolute Gasteiger partial charge is 0.408 e. The average molecular weight is 456 g/mol. The fourth-order valence-electron chi connectivity index (χ4n) is 3.34. The molecule has 1 N–H and O–H groups in total. The van der Waals surface area contributed by atoms with Crippen LogP contribution in [0.15, 0.2) is 48.5 Å². The molecular weight excluding hydrogens is 422 g/mol. The van der Waals surface area contributed by atoms with Crippen LogP contribution in [0.3, 0.4) is 0 Å². The molecule has 2 rings (SSSR count). The normalized spacial score (nSPS) is 11.8. The van der Waals surface area contributed by atoms with E-state index in [2.05, 4.69) is 36.5 Å². The van der Waals surface area contributed by atoms with Gasteiger partial charge in [0.05, 0.1) is 12.7 Å². The highest BCUT2D eigenvalue weighted by atomic mass is 16.6. The van der Waals surface area contributed by atoms with Crippen LogP contribution in [0.25, 0.3) is 0 Å². The van der Waals surface area contributed by atoms with E-state index >= 15 is 0 Å². The third-order valence-electron chi connectivity index (χ3n) is 4.77. The molecule has 2 aromatic rings. The highest BCUT2D eigenvalue weighted by Crippen LogP contribution is 2.33. The standard InChI is InChI=1S/C25H33NO4.CO2/c1-17-8-10-18(11-9-17)21(19-12-14-20(15-13-19)22(27)29-7)16-25(5,6)26-23(28)30-24(2,3)4;2-1-3/h8-15,21H,16H2,1-7H3,(H,26,28);. The van der Waals surface area contributed by atoms with Gasteiger partial charge in [-0.1, -0.05) is 42.0 Å². The Hall–Kier alpha value is -3.44. The predicted octanol–water partition coefficient (Wildman–Crippen LogP) is 5.02. The summed E-state index contributed by atoms with van der Waals surface area (Å²) in [7, 11) is 1.37. The van der Waals surface area contributed by atoms with Crippen molar-refractivity contribution in [2.75, 3.05) is 7.11 Å². The van der Waals surface area contributed by atoms with E-state index < -0.39 is 17.2 Å². The van der Waals surface area contributed by atoms with E-state index in [0.29, 0.717) is 12.0 Å². The lowest BCUT2D eigenvalue weighted by molar-refractivity contribution is -0.191. The Morgan fingerprint density at radius 3 is 1.79 bits per heavy atom. The first kappa shape index (κ1) is 27.6. The number of alkyl carbamates (subject to hydrolysis) is 1. The average Bonchev–Trinajstić information content (AvgIpc) is 2.71. The molecule has 0 radical (unpaired) electrons. The second-order valence-electron chi connectivity index (χ2n) is 9.38. The Bertz CT molecular complexity index is 950. The van der Waals surface area contributed by atoms with Gasteiger partial charge in [0.2, 0.25) is 0 Å². The molecular formula is C26H33NO6. The summed E-state index contributed by atoms with van der Waals surface area (Å²) >= 11 is 0. The molecule has 0 aromatic heterocycles. The third kappa shape index (κ3) is 9.71. The van der Waals surface area contributed by atoms with E-state index in [-0.39, 0.29) is 18.0 Å². The molecule has 1 unspecified atom stereocenters. The van der Waals surface area contributed by atoms with Gasteiger partial charge in [-0.05, 0) is 71.2 Å². The Morgan fingerprint density at radius 2 is 1.36 bits per heavy atom. The zero-order valence-electron chi connectivity index (χ0n) is 20.4. The fraction of sp³-hybridized carbons (Fsp3) is 0.423. The quantitative estimate of drug-likeness (QED) is 0.614. The molecule has 33 heavy (non-hydrogen) atoms. The van der Waals surface area contributed by atoms with Gasteiger partial charge in [0.25, 0.3) is 0 Å². The van der Waals surface area contributed by atoms with E-state index in [9.17, 15) is 9.59 Å². The van der Waals surface area contributed by atoms with Crippen LogP contribution in [-0.2, 0) is 19.1 Å². The van der Waals surface area contributed by atoms with Crippen LogP contribution in [0.1, 0.15) is 74.0 Å². The number of rotatable bonds is 6. The van der Waals surface area contributed by atoms with Gasteiger partial charge in [-0.3, -0.25) is 0 Å². The number of benzene rings is 2. The van der Waals surface area contributed by atoms with Crippen LogP contribution in [0, 0.1) is 6.92 Å². The summed E-state index contributed by atoms with van der Waals surface area (Å²) in [6.07, 6.45) is 0.476. The van der Waals surface area contributed by atoms with Crippen LogP contribution in [0.5, 0.6) is 0 Å². The summed E-state index contributed by atoms with van der Waals surface area (Å²) in [5.41, 5.74) is 2.83. The number of esters is 1. The molecule has 1 amide bonds. The molecule has 0 aliphatic carbocycles. The molecule has 0 spiro atoms. The molecule has 0 aliphatic rings. The molecule has 0 aliphatic heterocycles. The number of hydrogen-bond acceptors (Lipinski definition) is 6. The molecule has 1 atom stereocenters. The minimum Gasteiger partial charge on any atom is -0.465 e. The molecule has 0 saturated heterocycles. The van der Waals surface area contributed by atoms with Crippen molar-refractivity contribution in [1.82, 2.24) is 5.32 Å². The predicted molar refractivity (Wildman–Crippen MR) is 124 cm³/mol. The summed E-state index contributed by atoms with van der Waals surface area (Å²) in [4.78, 5) is 40.4. The zero-order chi connectivity index (χ0) is 25.2. The number of carbonyl (C=O) groups excluding carboxylic acids is 4. The Balaban J connectivity index is 0.00000172. The Morgan fingerprint density at radius 1 is 0.909 bits per heavy atom. The molecule has 0 saturated carbocycles. The summed E-state index contributed by atoms with van der Waals surface area (Å²) in [6.45, 7) is 11.6. The first-order valence-corrected chi connectivity index (χ1v) is 10.6. The second-order valence-corrected chi connectivity index (χ2v) is 9.38. The number of methoxy groups -OCH3 is 1. The van der Waals surface area contributed by atoms with Crippen molar-refractivity contribution in [3.05, 3.63) is 70.8 Å². The number of aryl methyl sites for hydroxylation is 1. The molecule has 7 heteroatoms. The summed E-state index contributed by atoms with van der Waals surface area (Å²) in [5.74, 6) is -0.331. The van der Waals surface area contributed by atoms with Crippen molar-refractivity contribution in [3.8, 4) is 0 Å². The van der Waals surface area contributed by atoms with Gasteiger partial charge < -0.3 is 14.8 Å². The molecule has 0 heterocycles. The van der Waals surface area contributed by atoms with Gasteiger partial charge in [0.15, 0.2) is 0 Å². The van der Waals surface area contributed by atoms with Gasteiger partial charge in [0.1, 0.15) is 5.60 Å². The topological polar surface area (TPSA) is 98.8 Å². The molecule has 7 nitrogen and oxygen atoms in total. The van der Waals surface area contributed by atoms with Crippen LogP contribution in [0.2, 0.25) is 0 Å². The largest absolute Gasteiger partial charge is 0.465 e. The number of nitrogens with one attached hydrogen (secondary N) is 1. The van der Waals surface area contributed by atoms with Crippen molar-refractivity contribution >= 4 is 18.2 Å². The van der Waals surface area contributed by atoms with Gasteiger partial charge in [-0.2, -0.15) is 9.59 Å². The Kier molecular flexibility index (Phi) is 10.0. The van der Waals surface area contributed by atoms with E-state index in [1.165, 1.54) is 12.7 Å². The van der Waals surface area contributed by atoms with E-state index in [4.69, 9.17) is 19.1 Å². The van der Waals surface area contributed by atoms with E-state index in [1.807, 2.05) is 46.8 Å². The lowest BCUT2D eigenvalue weighted by Gasteiger charge is -2.32. The number of hydrogen-bond donors (Lipinski definition) is 1. The Labute approximate surface area is 195 Å². The molecule has 0 bridgehead atoms. The van der Waals surface area contributed by atoms with Crippen LogP contribution in [-0.4, -0.2) is 36.5 Å². The first-order chi connectivity index (χ1) is 15.3. The molecule has 178 valence electrons. The maximum atomic E-state index is 12.3. The van der Waals surface area contributed by atoms with Crippen molar-refractivity contribution in [3.63, 3.8) is 0 Å². The van der Waals surface area contributed by atoms with Crippen LogP contribution < -0.4 is 5.32 Å². The van der Waals surface area contributed by atoms with Gasteiger partial charge in [0, 0.05) is 11.5 Å². The van der Waals surface area contributed by atoms with Crippen molar-refractivity contribution < 1.29 is 28.7 Å².